The predicted octanol–water partition coefficient (Wildman–Crippen LogP) is 1.82. The van der Waals surface area contributed by atoms with Gasteiger partial charge in [-0.15, -0.1) is 0 Å². The highest BCUT2D eigenvalue weighted by atomic mass is 19.1. The molecule has 1 heterocycles. The normalized spacial score (nSPS) is 21.8. The van der Waals surface area contributed by atoms with E-state index in [0.717, 1.165) is 6.42 Å². The van der Waals surface area contributed by atoms with Gasteiger partial charge in [-0.05, 0) is 24.0 Å². The Labute approximate surface area is 82.1 Å². The minimum atomic E-state index is -0.202. The molecule has 1 N–H and O–H groups in total. The van der Waals surface area contributed by atoms with Gasteiger partial charge in [0, 0.05) is 13.0 Å². The predicted molar refractivity (Wildman–Crippen MR) is 51.4 cm³/mol. The van der Waals surface area contributed by atoms with Crippen LogP contribution in [-0.2, 0) is 4.79 Å². The van der Waals surface area contributed by atoms with E-state index >= 15 is 0 Å². The first-order valence-corrected chi connectivity index (χ1v) is 4.78. The average Bonchev–Trinajstić information content (AvgIpc) is 2.18. The van der Waals surface area contributed by atoms with Crippen molar-refractivity contribution in [2.45, 2.75) is 18.8 Å². The zero-order chi connectivity index (χ0) is 9.97. The van der Waals surface area contributed by atoms with Gasteiger partial charge in [-0.25, -0.2) is 4.39 Å². The van der Waals surface area contributed by atoms with Gasteiger partial charge in [0.05, 0.1) is 0 Å². The lowest BCUT2D eigenvalue weighted by molar-refractivity contribution is -0.122. The van der Waals surface area contributed by atoms with Gasteiger partial charge in [-0.3, -0.25) is 4.79 Å². The monoisotopic (exact) mass is 193 g/mol. The van der Waals surface area contributed by atoms with E-state index in [0.29, 0.717) is 18.5 Å². The van der Waals surface area contributed by atoms with Crippen molar-refractivity contribution < 1.29 is 9.18 Å². The van der Waals surface area contributed by atoms with Crippen LogP contribution in [0.15, 0.2) is 24.3 Å². The smallest absolute Gasteiger partial charge is 0.220 e. The van der Waals surface area contributed by atoms with Gasteiger partial charge in [-0.2, -0.15) is 0 Å². The van der Waals surface area contributed by atoms with Crippen molar-refractivity contribution in [1.82, 2.24) is 5.32 Å². The number of nitrogens with one attached hydrogen (secondary N) is 1. The van der Waals surface area contributed by atoms with E-state index in [1.807, 2.05) is 6.07 Å². The number of rotatable bonds is 1. The van der Waals surface area contributed by atoms with Gasteiger partial charge in [0.1, 0.15) is 5.82 Å². The first-order valence-electron chi connectivity index (χ1n) is 4.78. The Morgan fingerprint density at radius 3 is 2.86 bits per heavy atom. The molecule has 2 rings (SSSR count). The van der Waals surface area contributed by atoms with E-state index < -0.39 is 0 Å². The molecule has 74 valence electrons. The number of hydrogen-bond acceptors (Lipinski definition) is 1. The second-order valence-corrected chi connectivity index (χ2v) is 3.56. The Balaban J connectivity index is 2.22. The number of benzene rings is 1. The van der Waals surface area contributed by atoms with Crippen LogP contribution >= 0.6 is 0 Å². The quantitative estimate of drug-likeness (QED) is 0.724. The summed E-state index contributed by atoms with van der Waals surface area (Å²) >= 11 is 0. The topological polar surface area (TPSA) is 29.1 Å². The largest absolute Gasteiger partial charge is 0.356 e. The highest BCUT2D eigenvalue weighted by Crippen LogP contribution is 2.27. The van der Waals surface area contributed by atoms with Crippen LogP contribution in [-0.4, -0.2) is 12.5 Å². The van der Waals surface area contributed by atoms with Crippen molar-refractivity contribution in [2.24, 2.45) is 0 Å². The summed E-state index contributed by atoms with van der Waals surface area (Å²) in [5.74, 6) is -0.137. The molecule has 3 heteroatoms. The van der Waals surface area contributed by atoms with E-state index in [2.05, 4.69) is 5.32 Å². The molecular formula is C11H12FNO. The number of halogens is 1. The van der Waals surface area contributed by atoms with Crippen LogP contribution in [0.5, 0.6) is 0 Å². The third-order valence-corrected chi connectivity index (χ3v) is 2.59. The molecule has 1 aliphatic rings. The van der Waals surface area contributed by atoms with Gasteiger partial charge in [0.15, 0.2) is 0 Å². The van der Waals surface area contributed by atoms with Crippen LogP contribution in [0.3, 0.4) is 0 Å². The number of carbonyl (C=O) groups is 1. The van der Waals surface area contributed by atoms with Crippen molar-refractivity contribution in [3.05, 3.63) is 35.6 Å². The van der Waals surface area contributed by atoms with E-state index in [-0.39, 0.29) is 17.6 Å². The minimum Gasteiger partial charge on any atom is -0.356 e. The fourth-order valence-corrected chi connectivity index (χ4v) is 1.86. The zero-order valence-electron chi connectivity index (χ0n) is 7.79. The fourth-order valence-electron chi connectivity index (χ4n) is 1.86. The van der Waals surface area contributed by atoms with Crippen molar-refractivity contribution in [2.75, 3.05) is 6.54 Å². The van der Waals surface area contributed by atoms with Crippen molar-refractivity contribution >= 4 is 5.91 Å². The SMILES string of the molecule is O=C1C[C@@H](c2ccccc2F)CCN1. The molecule has 0 aromatic heterocycles. The molecule has 0 radical (unpaired) electrons. The average molecular weight is 193 g/mol. The maximum Gasteiger partial charge on any atom is 0.220 e. The lowest BCUT2D eigenvalue weighted by Crippen LogP contribution is -2.32. The number of amides is 1. The van der Waals surface area contributed by atoms with Crippen LogP contribution in [0.1, 0.15) is 24.3 Å². The summed E-state index contributed by atoms with van der Waals surface area (Å²) in [6.07, 6.45) is 1.23. The Bertz CT molecular complexity index is 351. The van der Waals surface area contributed by atoms with E-state index in [1.165, 1.54) is 6.07 Å². The first-order chi connectivity index (χ1) is 6.77. The van der Waals surface area contributed by atoms with Gasteiger partial charge >= 0.3 is 0 Å². The molecule has 0 saturated carbocycles. The van der Waals surface area contributed by atoms with Gasteiger partial charge in [0.25, 0.3) is 0 Å². The Morgan fingerprint density at radius 1 is 1.36 bits per heavy atom. The lowest BCUT2D eigenvalue weighted by atomic mass is 9.89. The Morgan fingerprint density at radius 2 is 2.14 bits per heavy atom. The van der Waals surface area contributed by atoms with Crippen molar-refractivity contribution in [1.29, 1.82) is 0 Å². The summed E-state index contributed by atoms with van der Waals surface area (Å²) in [7, 11) is 0. The summed E-state index contributed by atoms with van der Waals surface area (Å²) in [6.45, 7) is 0.651. The summed E-state index contributed by atoms with van der Waals surface area (Å²) in [5, 5.41) is 2.74. The van der Waals surface area contributed by atoms with Crippen LogP contribution < -0.4 is 5.32 Å². The first kappa shape index (κ1) is 9.19. The molecule has 1 aromatic carbocycles. The molecule has 1 atom stereocenters. The molecule has 0 aliphatic carbocycles. The number of carbonyl (C=O) groups excluding carboxylic acids is 1. The molecule has 1 saturated heterocycles. The third-order valence-electron chi connectivity index (χ3n) is 2.59. The van der Waals surface area contributed by atoms with Crippen LogP contribution in [0.4, 0.5) is 4.39 Å². The summed E-state index contributed by atoms with van der Waals surface area (Å²) < 4.78 is 13.4. The Kier molecular flexibility index (Phi) is 2.48. The molecule has 1 amide bonds. The lowest BCUT2D eigenvalue weighted by Gasteiger charge is -2.22. The summed E-state index contributed by atoms with van der Waals surface area (Å²) in [5.41, 5.74) is 0.669. The second-order valence-electron chi connectivity index (χ2n) is 3.56. The molecule has 14 heavy (non-hydrogen) atoms. The third kappa shape index (κ3) is 1.76. The van der Waals surface area contributed by atoms with Gasteiger partial charge < -0.3 is 5.32 Å². The second kappa shape index (κ2) is 3.78. The van der Waals surface area contributed by atoms with E-state index in [9.17, 15) is 9.18 Å². The highest BCUT2D eigenvalue weighted by molar-refractivity contribution is 5.77. The molecule has 2 nitrogen and oxygen atoms in total. The molecule has 1 aliphatic heterocycles. The maximum absolute atomic E-state index is 13.4. The summed E-state index contributed by atoms with van der Waals surface area (Å²) in [6, 6.07) is 6.69. The van der Waals surface area contributed by atoms with Gasteiger partial charge in [-0.1, -0.05) is 18.2 Å². The van der Waals surface area contributed by atoms with Crippen molar-refractivity contribution in [3.8, 4) is 0 Å². The number of piperidine rings is 1. The highest BCUT2D eigenvalue weighted by Gasteiger charge is 2.22. The van der Waals surface area contributed by atoms with E-state index in [1.54, 1.807) is 12.1 Å². The van der Waals surface area contributed by atoms with Crippen LogP contribution in [0.25, 0.3) is 0 Å². The maximum atomic E-state index is 13.4. The fraction of sp³-hybridized carbons (Fsp3) is 0.364. The summed E-state index contributed by atoms with van der Waals surface area (Å²) in [4.78, 5) is 11.1. The van der Waals surface area contributed by atoms with Gasteiger partial charge in [0.2, 0.25) is 5.91 Å². The minimum absolute atomic E-state index is 0.0181. The molecular weight excluding hydrogens is 181 g/mol. The molecule has 1 fully saturated rings. The molecule has 1 aromatic rings. The number of hydrogen-bond donors (Lipinski definition) is 1. The van der Waals surface area contributed by atoms with E-state index in [4.69, 9.17) is 0 Å². The van der Waals surface area contributed by atoms with Crippen LogP contribution in [0.2, 0.25) is 0 Å². The zero-order valence-corrected chi connectivity index (χ0v) is 7.79. The van der Waals surface area contributed by atoms with Crippen LogP contribution in [0, 0.1) is 5.82 Å². The standard InChI is InChI=1S/C11H12FNO/c12-10-4-2-1-3-9(10)8-5-6-13-11(14)7-8/h1-4,8H,5-7H2,(H,13,14)/t8-/m0/s1. The Hall–Kier alpha value is -1.38. The molecule has 0 spiro atoms. The molecule has 0 bridgehead atoms. The van der Waals surface area contributed by atoms with Crippen molar-refractivity contribution in [3.63, 3.8) is 0 Å². The molecule has 0 unspecified atom stereocenters.